The Labute approximate surface area is 112 Å². The molecule has 0 bridgehead atoms. The Balaban J connectivity index is 2.28. The van der Waals surface area contributed by atoms with Crippen LogP contribution in [0.15, 0.2) is 24.4 Å². The fourth-order valence-corrected chi connectivity index (χ4v) is 1.96. The zero-order valence-electron chi connectivity index (χ0n) is 11.4. The van der Waals surface area contributed by atoms with E-state index in [0.717, 1.165) is 16.7 Å². The van der Waals surface area contributed by atoms with Crippen LogP contribution in [0.4, 0.5) is 5.82 Å². The Morgan fingerprint density at radius 1 is 1.42 bits per heavy atom. The van der Waals surface area contributed by atoms with Gasteiger partial charge >= 0.3 is 0 Å². The normalized spacial score (nSPS) is 10.5. The van der Waals surface area contributed by atoms with Crippen LogP contribution in [0, 0.1) is 13.8 Å². The Morgan fingerprint density at radius 3 is 2.84 bits per heavy atom. The van der Waals surface area contributed by atoms with Crippen LogP contribution in [0.3, 0.4) is 0 Å². The molecule has 3 N–H and O–H groups in total. The van der Waals surface area contributed by atoms with E-state index in [4.69, 9.17) is 5.73 Å². The van der Waals surface area contributed by atoms with Crippen LogP contribution in [0.2, 0.25) is 0 Å². The van der Waals surface area contributed by atoms with Gasteiger partial charge in [-0.05, 0) is 31.0 Å². The number of rotatable bonds is 3. The van der Waals surface area contributed by atoms with Crippen molar-refractivity contribution in [3.8, 4) is 0 Å². The average Bonchev–Trinajstić information content (AvgIpc) is 2.72. The molecule has 0 fully saturated rings. The first-order valence-corrected chi connectivity index (χ1v) is 6.13. The van der Waals surface area contributed by atoms with Gasteiger partial charge in [0.25, 0.3) is 5.91 Å². The Kier molecular flexibility index (Phi) is 3.66. The Morgan fingerprint density at radius 2 is 2.16 bits per heavy atom. The van der Waals surface area contributed by atoms with E-state index in [9.17, 15) is 4.79 Å². The summed E-state index contributed by atoms with van der Waals surface area (Å²) in [4.78, 5) is 12.3. The van der Waals surface area contributed by atoms with Crippen LogP contribution in [0.1, 0.15) is 27.0 Å². The van der Waals surface area contributed by atoms with Gasteiger partial charge in [0.05, 0.1) is 0 Å². The highest BCUT2D eigenvalue weighted by Crippen LogP contribution is 2.16. The van der Waals surface area contributed by atoms with Gasteiger partial charge in [0.1, 0.15) is 0 Å². The molecule has 2 rings (SSSR count). The van der Waals surface area contributed by atoms with Crippen molar-refractivity contribution in [2.75, 3.05) is 5.32 Å². The molecule has 2 aromatic rings. The maximum Gasteiger partial charge on any atom is 0.257 e. The van der Waals surface area contributed by atoms with E-state index in [2.05, 4.69) is 10.4 Å². The number of anilines is 1. The molecule has 0 spiro atoms. The van der Waals surface area contributed by atoms with Gasteiger partial charge in [-0.25, -0.2) is 0 Å². The molecule has 1 aromatic heterocycles. The zero-order chi connectivity index (χ0) is 14.0. The monoisotopic (exact) mass is 258 g/mol. The molecule has 5 nitrogen and oxygen atoms in total. The van der Waals surface area contributed by atoms with Crippen LogP contribution < -0.4 is 11.1 Å². The van der Waals surface area contributed by atoms with Crippen molar-refractivity contribution in [1.82, 2.24) is 9.78 Å². The lowest BCUT2D eigenvalue weighted by atomic mass is 10.0. The second-order valence-corrected chi connectivity index (χ2v) is 4.58. The molecule has 0 aliphatic rings. The lowest BCUT2D eigenvalue weighted by Gasteiger charge is -2.08. The number of carbonyl (C=O) groups is 1. The van der Waals surface area contributed by atoms with E-state index in [1.54, 1.807) is 17.9 Å². The smallest absolute Gasteiger partial charge is 0.257 e. The SMILES string of the molecule is Cc1cccc(C(=O)Nc2nn(C)cc2CN)c1C. The molecule has 1 heterocycles. The molecule has 0 aliphatic carbocycles. The largest absolute Gasteiger partial charge is 0.326 e. The number of aryl methyl sites for hydroxylation is 2. The molecule has 0 aliphatic heterocycles. The summed E-state index contributed by atoms with van der Waals surface area (Å²) in [5.74, 6) is 0.366. The highest BCUT2D eigenvalue weighted by molar-refractivity contribution is 6.05. The lowest BCUT2D eigenvalue weighted by molar-refractivity contribution is 0.102. The Hall–Kier alpha value is -2.14. The third kappa shape index (κ3) is 2.66. The fraction of sp³-hybridized carbons (Fsp3) is 0.286. The number of nitrogens with zero attached hydrogens (tertiary/aromatic N) is 2. The second kappa shape index (κ2) is 5.24. The predicted octanol–water partition coefficient (Wildman–Crippen LogP) is 1.75. The van der Waals surface area contributed by atoms with Gasteiger partial charge in [-0.3, -0.25) is 9.48 Å². The summed E-state index contributed by atoms with van der Waals surface area (Å²) in [5, 5.41) is 7.02. The van der Waals surface area contributed by atoms with E-state index in [1.807, 2.05) is 32.0 Å². The number of hydrogen-bond donors (Lipinski definition) is 2. The van der Waals surface area contributed by atoms with Gasteiger partial charge in [0.15, 0.2) is 5.82 Å². The molecule has 5 heteroatoms. The zero-order valence-corrected chi connectivity index (χ0v) is 11.4. The van der Waals surface area contributed by atoms with Gasteiger partial charge in [0.2, 0.25) is 0 Å². The predicted molar refractivity (Wildman–Crippen MR) is 75.0 cm³/mol. The van der Waals surface area contributed by atoms with E-state index in [1.165, 1.54) is 0 Å². The number of benzene rings is 1. The highest BCUT2D eigenvalue weighted by atomic mass is 16.1. The molecule has 0 atom stereocenters. The molecular weight excluding hydrogens is 240 g/mol. The van der Waals surface area contributed by atoms with Gasteiger partial charge in [-0.1, -0.05) is 12.1 Å². The van der Waals surface area contributed by atoms with Crippen molar-refractivity contribution in [3.63, 3.8) is 0 Å². The molecule has 0 saturated heterocycles. The van der Waals surface area contributed by atoms with Crippen molar-refractivity contribution < 1.29 is 4.79 Å². The Bertz CT molecular complexity index is 616. The van der Waals surface area contributed by atoms with Crippen LogP contribution in [-0.2, 0) is 13.6 Å². The number of amides is 1. The minimum absolute atomic E-state index is 0.158. The molecular formula is C14H18N4O. The van der Waals surface area contributed by atoms with E-state index in [-0.39, 0.29) is 5.91 Å². The maximum absolute atomic E-state index is 12.3. The number of nitrogens with two attached hydrogens (primary N) is 1. The van der Waals surface area contributed by atoms with E-state index >= 15 is 0 Å². The van der Waals surface area contributed by atoms with Crippen LogP contribution >= 0.6 is 0 Å². The summed E-state index contributed by atoms with van der Waals surface area (Å²) in [5.41, 5.74) is 9.18. The van der Waals surface area contributed by atoms with E-state index in [0.29, 0.717) is 17.9 Å². The number of aromatic nitrogens is 2. The first kappa shape index (κ1) is 13.3. The number of carbonyl (C=O) groups excluding carboxylic acids is 1. The van der Waals surface area contributed by atoms with Crippen molar-refractivity contribution >= 4 is 11.7 Å². The topological polar surface area (TPSA) is 72.9 Å². The fourth-order valence-electron chi connectivity index (χ4n) is 1.96. The summed E-state index contributed by atoms with van der Waals surface area (Å²) in [6.07, 6.45) is 1.80. The van der Waals surface area contributed by atoms with Crippen molar-refractivity contribution in [1.29, 1.82) is 0 Å². The van der Waals surface area contributed by atoms with Gasteiger partial charge in [-0.15, -0.1) is 0 Å². The number of nitrogens with one attached hydrogen (secondary N) is 1. The highest BCUT2D eigenvalue weighted by Gasteiger charge is 2.14. The first-order chi connectivity index (χ1) is 9.02. The lowest BCUT2D eigenvalue weighted by Crippen LogP contribution is -2.16. The summed E-state index contributed by atoms with van der Waals surface area (Å²) >= 11 is 0. The summed E-state index contributed by atoms with van der Waals surface area (Å²) in [7, 11) is 1.80. The molecule has 19 heavy (non-hydrogen) atoms. The van der Waals surface area contributed by atoms with Crippen molar-refractivity contribution in [2.45, 2.75) is 20.4 Å². The summed E-state index contributed by atoms with van der Waals surface area (Å²) in [6, 6.07) is 5.67. The van der Waals surface area contributed by atoms with Crippen molar-refractivity contribution in [2.24, 2.45) is 12.8 Å². The van der Waals surface area contributed by atoms with Crippen molar-refractivity contribution in [3.05, 3.63) is 46.6 Å². The van der Waals surface area contributed by atoms with Gasteiger partial charge in [-0.2, -0.15) is 5.10 Å². The standard InChI is InChI=1S/C14H18N4O/c1-9-5-4-6-12(10(9)2)14(19)16-13-11(7-15)8-18(3)17-13/h4-6,8H,7,15H2,1-3H3,(H,16,17,19). The molecule has 1 amide bonds. The number of hydrogen-bond acceptors (Lipinski definition) is 3. The summed E-state index contributed by atoms with van der Waals surface area (Å²) in [6.45, 7) is 4.26. The molecule has 1 aromatic carbocycles. The van der Waals surface area contributed by atoms with Crippen LogP contribution in [0.5, 0.6) is 0 Å². The summed E-state index contributed by atoms with van der Waals surface area (Å²) < 4.78 is 1.64. The van der Waals surface area contributed by atoms with Gasteiger partial charge in [0, 0.05) is 30.9 Å². The quantitative estimate of drug-likeness (QED) is 0.881. The minimum Gasteiger partial charge on any atom is -0.326 e. The molecule has 100 valence electrons. The molecule has 0 unspecified atom stereocenters. The third-order valence-electron chi connectivity index (χ3n) is 3.21. The van der Waals surface area contributed by atoms with Crippen LogP contribution in [-0.4, -0.2) is 15.7 Å². The molecule has 0 radical (unpaired) electrons. The third-order valence-corrected chi connectivity index (χ3v) is 3.21. The minimum atomic E-state index is -0.158. The van der Waals surface area contributed by atoms with Crippen LogP contribution in [0.25, 0.3) is 0 Å². The first-order valence-electron chi connectivity index (χ1n) is 6.13. The molecule has 0 saturated carbocycles. The van der Waals surface area contributed by atoms with E-state index < -0.39 is 0 Å². The van der Waals surface area contributed by atoms with Gasteiger partial charge < -0.3 is 11.1 Å². The maximum atomic E-state index is 12.3. The second-order valence-electron chi connectivity index (χ2n) is 4.58. The average molecular weight is 258 g/mol.